The first-order valence-corrected chi connectivity index (χ1v) is 9.52. The predicted octanol–water partition coefficient (Wildman–Crippen LogP) is 4.64. The highest BCUT2D eigenvalue weighted by Gasteiger charge is 2.12. The van der Waals surface area contributed by atoms with E-state index < -0.39 is 8.24 Å². The lowest BCUT2D eigenvalue weighted by Crippen LogP contribution is -2.19. The van der Waals surface area contributed by atoms with Crippen molar-refractivity contribution in [3.05, 3.63) is 0 Å². The third-order valence-corrected chi connectivity index (χ3v) is 3.12. The molecule has 0 spiro atoms. The topological polar surface area (TPSA) is 12.4 Å². The maximum atomic E-state index is 4.94. The van der Waals surface area contributed by atoms with Gasteiger partial charge in [0.25, 0.3) is 0 Å². The average molecular weight is 213 g/mol. The highest BCUT2D eigenvalue weighted by Crippen LogP contribution is 2.10. The first-order valence-electron chi connectivity index (χ1n) is 6.07. The van der Waals surface area contributed by atoms with E-state index >= 15 is 0 Å². The maximum absolute atomic E-state index is 4.94. The van der Waals surface area contributed by atoms with Crippen LogP contribution < -0.4 is 0 Å². The van der Waals surface area contributed by atoms with Gasteiger partial charge in [-0.2, -0.15) is 0 Å². The third kappa shape index (κ3) is 8.48. The molecule has 2 heteroatoms. The van der Waals surface area contributed by atoms with E-state index in [1.807, 2.05) is 0 Å². The summed E-state index contributed by atoms with van der Waals surface area (Å²) in [5, 5.41) is 0. The molecule has 0 unspecified atom stereocenters. The molecular formula is C12H27NSi. The quantitative estimate of drug-likeness (QED) is 0.431. The molecule has 0 saturated carbocycles. The van der Waals surface area contributed by atoms with Crippen molar-refractivity contribution in [3.63, 3.8) is 0 Å². The maximum Gasteiger partial charge on any atom is 0.172 e. The Balaban J connectivity index is 4.15. The van der Waals surface area contributed by atoms with Gasteiger partial charge in [0.05, 0.1) is 0 Å². The Morgan fingerprint density at radius 1 is 0.929 bits per heavy atom. The first-order chi connectivity index (χ1) is 6.49. The summed E-state index contributed by atoms with van der Waals surface area (Å²) in [5.74, 6) is 0. The summed E-state index contributed by atoms with van der Waals surface area (Å²) in [4.78, 5) is 0. The van der Waals surface area contributed by atoms with Gasteiger partial charge >= 0.3 is 0 Å². The van der Waals surface area contributed by atoms with Gasteiger partial charge in [0, 0.05) is 5.71 Å². The highest BCUT2D eigenvalue weighted by molar-refractivity contribution is 6.75. The van der Waals surface area contributed by atoms with Crippen LogP contribution in [0.2, 0.25) is 19.6 Å². The van der Waals surface area contributed by atoms with E-state index in [-0.39, 0.29) is 0 Å². The number of rotatable bonds is 7. The molecule has 84 valence electrons. The molecule has 0 amide bonds. The molecule has 0 aromatic rings. The van der Waals surface area contributed by atoms with Crippen molar-refractivity contribution in [2.75, 3.05) is 0 Å². The molecule has 0 saturated heterocycles. The molecule has 0 heterocycles. The molecule has 1 nitrogen and oxygen atoms in total. The molecule has 14 heavy (non-hydrogen) atoms. The van der Waals surface area contributed by atoms with Crippen LogP contribution >= 0.6 is 0 Å². The minimum Gasteiger partial charge on any atom is -0.330 e. The van der Waals surface area contributed by atoms with Crippen LogP contribution in [0.3, 0.4) is 0 Å². The van der Waals surface area contributed by atoms with Crippen molar-refractivity contribution in [1.29, 1.82) is 0 Å². The summed E-state index contributed by atoms with van der Waals surface area (Å²) >= 11 is 0. The Morgan fingerprint density at radius 3 is 1.64 bits per heavy atom. The van der Waals surface area contributed by atoms with Crippen LogP contribution in [-0.2, 0) is 0 Å². The molecule has 0 rings (SSSR count). The van der Waals surface area contributed by atoms with E-state index in [0.29, 0.717) is 0 Å². The van der Waals surface area contributed by atoms with E-state index in [4.69, 9.17) is 4.66 Å². The Bertz CT molecular complexity index is 158. The molecule has 0 aliphatic rings. The van der Waals surface area contributed by atoms with Crippen LogP contribution in [0.5, 0.6) is 0 Å². The summed E-state index contributed by atoms with van der Waals surface area (Å²) < 4.78 is 4.94. The fraction of sp³-hybridized carbons (Fsp3) is 0.917. The first kappa shape index (κ1) is 13.9. The molecule has 0 aliphatic heterocycles. The summed E-state index contributed by atoms with van der Waals surface area (Å²) in [6.45, 7) is 11.5. The molecule has 0 bridgehead atoms. The van der Waals surface area contributed by atoms with Gasteiger partial charge in [-0.15, -0.1) is 0 Å². The van der Waals surface area contributed by atoms with Gasteiger partial charge in [0.2, 0.25) is 0 Å². The van der Waals surface area contributed by atoms with Crippen LogP contribution in [0.4, 0.5) is 0 Å². The van der Waals surface area contributed by atoms with E-state index in [0.717, 1.165) is 0 Å². The number of hydrogen-bond donors (Lipinski definition) is 0. The zero-order valence-electron chi connectivity index (χ0n) is 10.7. The van der Waals surface area contributed by atoms with Gasteiger partial charge in [-0.3, -0.25) is 0 Å². The second-order valence-electron chi connectivity index (χ2n) is 5.06. The van der Waals surface area contributed by atoms with Gasteiger partial charge < -0.3 is 4.66 Å². The Kier molecular flexibility index (Phi) is 7.16. The zero-order chi connectivity index (χ0) is 11.0. The van der Waals surface area contributed by atoms with Crippen molar-refractivity contribution in [2.24, 2.45) is 4.66 Å². The smallest absolute Gasteiger partial charge is 0.172 e. The molecule has 0 fully saturated rings. The van der Waals surface area contributed by atoms with Crippen LogP contribution in [0, 0.1) is 0 Å². The summed E-state index contributed by atoms with van der Waals surface area (Å²) in [5.41, 5.74) is 1.49. The lowest BCUT2D eigenvalue weighted by atomic mass is 10.1. The number of nitrogens with zero attached hydrogens (tertiary/aromatic N) is 1. The predicted molar refractivity (Wildman–Crippen MR) is 69.8 cm³/mol. The Morgan fingerprint density at radius 2 is 1.36 bits per heavy atom. The highest BCUT2D eigenvalue weighted by atomic mass is 28.3. The van der Waals surface area contributed by atoms with E-state index in [2.05, 4.69) is 33.5 Å². The van der Waals surface area contributed by atoms with Crippen LogP contribution in [-0.4, -0.2) is 13.9 Å². The molecule has 0 aromatic carbocycles. The van der Waals surface area contributed by atoms with Gasteiger partial charge in [0.15, 0.2) is 8.24 Å². The summed E-state index contributed by atoms with van der Waals surface area (Å²) in [6, 6.07) is 0. The summed E-state index contributed by atoms with van der Waals surface area (Å²) in [7, 11) is -1.23. The molecule has 0 N–H and O–H groups in total. The molecular weight excluding hydrogens is 186 g/mol. The zero-order valence-corrected chi connectivity index (χ0v) is 11.7. The third-order valence-electron chi connectivity index (χ3n) is 2.13. The second kappa shape index (κ2) is 7.21. The summed E-state index contributed by atoms with van der Waals surface area (Å²) in [6.07, 6.45) is 7.68. The Hall–Kier alpha value is -0.113. The molecule has 0 radical (unpaired) electrons. The van der Waals surface area contributed by atoms with Gasteiger partial charge in [-0.05, 0) is 45.3 Å². The minimum absolute atomic E-state index is 1.23. The standard InChI is InChI=1S/C12H27NSi/c1-6-8-10-12(11-9-7-2)13-14(3,4)5/h6-11H2,1-5H3. The van der Waals surface area contributed by atoms with E-state index in [1.165, 1.54) is 44.2 Å². The van der Waals surface area contributed by atoms with E-state index in [1.54, 1.807) is 0 Å². The van der Waals surface area contributed by atoms with E-state index in [9.17, 15) is 0 Å². The van der Waals surface area contributed by atoms with Crippen molar-refractivity contribution >= 4 is 13.9 Å². The van der Waals surface area contributed by atoms with Gasteiger partial charge in [0.1, 0.15) is 0 Å². The van der Waals surface area contributed by atoms with Crippen LogP contribution in [0.15, 0.2) is 4.66 Å². The largest absolute Gasteiger partial charge is 0.330 e. The Labute approximate surface area is 91.1 Å². The van der Waals surface area contributed by atoms with Crippen molar-refractivity contribution in [1.82, 2.24) is 0 Å². The second-order valence-corrected chi connectivity index (χ2v) is 9.62. The average Bonchev–Trinajstić information content (AvgIpc) is 2.07. The van der Waals surface area contributed by atoms with Crippen molar-refractivity contribution in [3.8, 4) is 0 Å². The molecule has 0 atom stereocenters. The monoisotopic (exact) mass is 213 g/mol. The fourth-order valence-electron chi connectivity index (χ4n) is 1.47. The van der Waals surface area contributed by atoms with Crippen molar-refractivity contribution < 1.29 is 0 Å². The fourth-order valence-corrected chi connectivity index (χ4v) is 2.65. The van der Waals surface area contributed by atoms with Crippen LogP contribution in [0.1, 0.15) is 52.4 Å². The minimum atomic E-state index is -1.23. The van der Waals surface area contributed by atoms with Crippen molar-refractivity contribution in [2.45, 2.75) is 72.0 Å². The van der Waals surface area contributed by atoms with Crippen LogP contribution in [0.25, 0.3) is 0 Å². The number of unbranched alkanes of at least 4 members (excludes halogenated alkanes) is 2. The lowest BCUT2D eigenvalue weighted by Gasteiger charge is -2.14. The molecule has 0 aliphatic carbocycles. The van der Waals surface area contributed by atoms with Gasteiger partial charge in [-0.1, -0.05) is 26.7 Å². The lowest BCUT2D eigenvalue weighted by molar-refractivity contribution is 0.787. The van der Waals surface area contributed by atoms with Gasteiger partial charge in [-0.25, -0.2) is 0 Å². The SMILES string of the molecule is CCCCC(CCCC)=N[Si](C)(C)C. The number of hydrogen-bond acceptors (Lipinski definition) is 1. The normalized spacial score (nSPS) is 11.5. The molecule has 0 aromatic heterocycles.